The third kappa shape index (κ3) is 8.63. The first-order chi connectivity index (χ1) is 2.50. The summed E-state index contributed by atoms with van der Waals surface area (Å²) in [7, 11) is 0. The van der Waals surface area contributed by atoms with Gasteiger partial charge in [-0.3, -0.25) is 0 Å². The van der Waals surface area contributed by atoms with Gasteiger partial charge in [0, 0.05) is 11.6 Å². The second-order valence-electron chi connectivity index (χ2n) is 0.688. The van der Waals surface area contributed by atoms with E-state index in [-0.39, 0.29) is 88.7 Å². The largest absolute Gasteiger partial charge is 0.201 e. The molecule has 0 radical (unpaired) electrons. The van der Waals surface area contributed by atoms with Gasteiger partial charge in [0.2, 0.25) is 0 Å². The van der Waals surface area contributed by atoms with Crippen molar-refractivity contribution in [2.75, 3.05) is 0 Å². The fraction of sp³-hybridized carbons (Fsp3) is 0. The molecular weight excluding hydrogens is 151 g/mol. The van der Waals surface area contributed by atoms with Crippen LogP contribution in [0.25, 0.3) is 0 Å². The number of hydrogen-bond donors (Lipinski definition) is 0. The quantitative estimate of drug-likeness (QED) is 0.449. The summed E-state index contributed by atoms with van der Waals surface area (Å²) in [6.45, 7) is 0. The molecule has 0 aliphatic rings. The van der Waals surface area contributed by atoms with E-state index < -0.39 is 0 Å². The molecule has 0 aromatic carbocycles. The number of hydrogen-bond acceptors (Lipinski definition) is 2. The van der Waals surface area contributed by atoms with Crippen molar-refractivity contribution in [1.29, 1.82) is 0 Å². The molecule has 0 saturated heterocycles. The van der Waals surface area contributed by atoms with Crippen molar-refractivity contribution >= 4 is 100 Å². The Bertz CT molecular complexity index is 71.0. The Morgan fingerprint density at radius 2 is 1.75 bits per heavy atom. The molecular formula is C3H6NNa3S. The number of aromatic nitrogens is 1. The molecule has 0 atom stereocenters. The minimum absolute atomic E-state index is 0. The zero-order valence-electron chi connectivity index (χ0n) is 2.59. The van der Waals surface area contributed by atoms with Crippen LogP contribution in [0.5, 0.6) is 0 Å². The van der Waals surface area contributed by atoms with E-state index in [1.165, 1.54) is 11.5 Å². The van der Waals surface area contributed by atoms with Crippen LogP contribution < -0.4 is 0 Å². The average molecular weight is 157 g/mol. The maximum Gasteiger partial charge on any atom is 0.0406 e. The van der Waals surface area contributed by atoms with Gasteiger partial charge >= 0.3 is 88.7 Å². The molecule has 1 nitrogen and oxygen atoms in total. The molecule has 1 heterocycles. The summed E-state index contributed by atoms with van der Waals surface area (Å²) in [5.41, 5.74) is 0. The van der Waals surface area contributed by atoms with Crippen LogP contribution >= 0.6 is 11.5 Å². The fourth-order valence-corrected chi connectivity index (χ4v) is 0.527. The van der Waals surface area contributed by atoms with E-state index in [2.05, 4.69) is 4.37 Å². The Morgan fingerprint density at radius 1 is 1.12 bits per heavy atom. The molecule has 32 valence electrons. The molecule has 5 heteroatoms. The van der Waals surface area contributed by atoms with Crippen LogP contribution in [0.3, 0.4) is 0 Å². The summed E-state index contributed by atoms with van der Waals surface area (Å²) in [4.78, 5) is 0. The topological polar surface area (TPSA) is 12.9 Å². The molecule has 0 saturated carbocycles. The van der Waals surface area contributed by atoms with Gasteiger partial charge in [0.25, 0.3) is 0 Å². The zero-order valence-corrected chi connectivity index (χ0v) is 3.40. The maximum absolute atomic E-state index is 3.76. The van der Waals surface area contributed by atoms with Crippen LogP contribution in [0.15, 0.2) is 17.6 Å². The second-order valence-corrected chi connectivity index (χ2v) is 1.38. The van der Waals surface area contributed by atoms with Crippen molar-refractivity contribution in [3.05, 3.63) is 17.6 Å². The van der Waals surface area contributed by atoms with Crippen LogP contribution in [0.2, 0.25) is 0 Å². The van der Waals surface area contributed by atoms with Gasteiger partial charge in [-0.05, 0) is 17.6 Å². The minimum atomic E-state index is 0. The molecule has 0 aliphatic carbocycles. The Morgan fingerprint density at radius 3 is 1.88 bits per heavy atom. The second kappa shape index (κ2) is 12.3. The maximum atomic E-state index is 3.76. The predicted octanol–water partition coefficient (Wildman–Crippen LogP) is -0.802. The van der Waals surface area contributed by atoms with Gasteiger partial charge in [0.05, 0.1) is 0 Å². The predicted molar refractivity (Wildman–Crippen MR) is 43.6 cm³/mol. The number of rotatable bonds is 0. The van der Waals surface area contributed by atoms with Gasteiger partial charge in [0.1, 0.15) is 0 Å². The molecule has 0 unspecified atom stereocenters. The van der Waals surface area contributed by atoms with Crippen molar-refractivity contribution in [3.63, 3.8) is 0 Å². The van der Waals surface area contributed by atoms with Crippen LogP contribution in [0.4, 0.5) is 0 Å². The Kier molecular flexibility index (Phi) is 26.1. The monoisotopic (exact) mass is 157 g/mol. The Balaban J connectivity index is -0.0000000833. The minimum Gasteiger partial charge on any atom is -0.201 e. The van der Waals surface area contributed by atoms with Crippen LogP contribution in [-0.2, 0) is 0 Å². The van der Waals surface area contributed by atoms with Crippen molar-refractivity contribution in [2.45, 2.75) is 0 Å². The van der Waals surface area contributed by atoms with Gasteiger partial charge < -0.3 is 0 Å². The molecule has 0 aliphatic heterocycles. The summed E-state index contributed by atoms with van der Waals surface area (Å²) in [6, 6.07) is 1.91. The molecule has 8 heavy (non-hydrogen) atoms. The summed E-state index contributed by atoms with van der Waals surface area (Å²) in [5.74, 6) is 0. The van der Waals surface area contributed by atoms with Gasteiger partial charge in [-0.2, -0.15) is 0 Å². The van der Waals surface area contributed by atoms with E-state index in [1.807, 2.05) is 11.4 Å². The summed E-state index contributed by atoms with van der Waals surface area (Å²) >= 11 is 1.46. The van der Waals surface area contributed by atoms with Crippen LogP contribution in [-0.4, -0.2) is 93.0 Å². The summed E-state index contributed by atoms with van der Waals surface area (Å²) in [6.07, 6.45) is 1.77. The Hall–Kier alpha value is 2.63. The van der Waals surface area contributed by atoms with Crippen molar-refractivity contribution in [1.82, 2.24) is 4.37 Å². The van der Waals surface area contributed by atoms with Crippen LogP contribution in [0.1, 0.15) is 0 Å². The normalized spacial score (nSPS) is 5.00. The standard InChI is InChI=1S/C3H3NS.3Na.3H/c1-2-4-5-3-1;;;;;;/h1-3H;;;;;;. The van der Waals surface area contributed by atoms with E-state index >= 15 is 0 Å². The molecule has 0 spiro atoms. The van der Waals surface area contributed by atoms with Crippen molar-refractivity contribution in [2.24, 2.45) is 0 Å². The summed E-state index contributed by atoms with van der Waals surface area (Å²) < 4.78 is 3.76. The fourth-order valence-electron chi connectivity index (χ4n) is 0.176. The first-order valence-electron chi connectivity index (χ1n) is 1.34. The molecule has 1 rings (SSSR count). The van der Waals surface area contributed by atoms with Gasteiger partial charge in [0.15, 0.2) is 0 Å². The average Bonchev–Trinajstić information content (AvgIpc) is 1.76. The van der Waals surface area contributed by atoms with Gasteiger partial charge in [-0.1, -0.05) is 0 Å². The van der Waals surface area contributed by atoms with E-state index in [1.54, 1.807) is 6.20 Å². The molecule has 0 amide bonds. The smallest absolute Gasteiger partial charge is 0.0406 e. The van der Waals surface area contributed by atoms with Crippen LogP contribution in [0, 0.1) is 0 Å². The molecule has 0 fully saturated rings. The third-order valence-electron chi connectivity index (χ3n) is 0.347. The van der Waals surface area contributed by atoms with Crippen molar-refractivity contribution in [3.8, 4) is 0 Å². The van der Waals surface area contributed by atoms with E-state index in [4.69, 9.17) is 0 Å². The van der Waals surface area contributed by atoms with E-state index in [0.717, 1.165) is 0 Å². The number of nitrogens with zero attached hydrogens (tertiary/aromatic N) is 1. The van der Waals surface area contributed by atoms with Gasteiger partial charge in [-0.15, -0.1) is 0 Å². The third-order valence-corrected chi connectivity index (χ3v) is 0.869. The SMILES string of the molecule is [NaH].[NaH].[NaH].c1cnsc1. The summed E-state index contributed by atoms with van der Waals surface area (Å²) in [5, 5.41) is 1.93. The van der Waals surface area contributed by atoms with E-state index in [0.29, 0.717) is 0 Å². The Labute approximate surface area is 120 Å². The molecule has 0 bridgehead atoms. The van der Waals surface area contributed by atoms with Crippen molar-refractivity contribution < 1.29 is 0 Å². The first-order valence-corrected chi connectivity index (χ1v) is 2.18. The van der Waals surface area contributed by atoms with Gasteiger partial charge in [-0.25, -0.2) is 4.37 Å². The first kappa shape index (κ1) is 16.9. The molecule has 1 aromatic heterocycles. The molecule has 0 N–H and O–H groups in total. The van der Waals surface area contributed by atoms with E-state index in [9.17, 15) is 0 Å². The molecule has 1 aromatic rings. The zero-order chi connectivity index (χ0) is 3.54.